The van der Waals surface area contributed by atoms with Crippen LogP contribution in [0.4, 0.5) is 0 Å². The molecule has 0 spiro atoms. The SMILES string of the molecule is C=C(/C=C(Cl)\N=C/N)CC. The highest BCUT2D eigenvalue weighted by Gasteiger charge is 1.86. The molecule has 0 fully saturated rings. The van der Waals surface area contributed by atoms with Crippen LogP contribution in [0.2, 0.25) is 0 Å². The highest BCUT2D eigenvalue weighted by Crippen LogP contribution is 2.08. The van der Waals surface area contributed by atoms with Crippen LogP contribution in [0.15, 0.2) is 28.4 Å². The minimum atomic E-state index is 0.370. The second-order valence-corrected chi connectivity index (χ2v) is 2.14. The van der Waals surface area contributed by atoms with Crippen LogP contribution >= 0.6 is 11.6 Å². The van der Waals surface area contributed by atoms with Crippen LogP contribution in [0.5, 0.6) is 0 Å². The number of rotatable bonds is 3. The maximum atomic E-state index is 5.58. The maximum Gasteiger partial charge on any atom is 0.131 e. The summed E-state index contributed by atoms with van der Waals surface area (Å²) >= 11 is 5.58. The molecule has 0 aliphatic heterocycles. The molecular formula is C7H11ClN2. The van der Waals surface area contributed by atoms with Gasteiger partial charge in [0.2, 0.25) is 0 Å². The summed E-state index contributed by atoms with van der Waals surface area (Å²) in [6.07, 6.45) is 3.71. The fourth-order valence-corrected chi connectivity index (χ4v) is 0.590. The van der Waals surface area contributed by atoms with Crippen molar-refractivity contribution in [3.05, 3.63) is 23.4 Å². The highest BCUT2D eigenvalue weighted by molar-refractivity contribution is 6.29. The smallest absolute Gasteiger partial charge is 0.131 e. The van der Waals surface area contributed by atoms with E-state index in [2.05, 4.69) is 11.6 Å². The Balaban J connectivity index is 4.02. The zero-order chi connectivity index (χ0) is 7.98. The minimum absolute atomic E-state index is 0.370. The van der Waals surface area contributed by atoms with Crippen LogP contribution in [-0.2, 0) is 0 Å². The van der Waals surface area contributed by atoms with Crippen LogP contribution in [0.25, 0.3) is 0 Å². The van der Waals surface area contributed by atoms with Crippen molar-refractivity contribution in [1.29, 1.82) is 0 Å². The average Bonchev–Trinajstić information content (AvgIpc) is 1.88. The van der Waals surface area contributed by atoms with Crippen molar-refractivity contribution < 1.29 is 0 Å². The molecule has 0 aliphatic rings. The zero-order valence-corrected chi connectivity index (χ0v) is 6.73. The first-order chi connectivity index (χ1) is 4.70. The first-order valence-electron chi connectivity index (χ1n) is 3.00. The quantitative estimate of drug-likeness (QED) is 0.290. The van der Waals surface area contributed by atoms with Gasteiger partial charge in [0.05, 0.1) is 6.34 Å². The molecule has 10 heavy (non-hydrogen) atoms. The summed E-state index contributed by atoms with van der Waals surface area (Å²) in [4.78, 5) is 3.63. The second-order valence-electron chi connectivity index (χ2n) is 1.76. The summed E-state index contributed by atoms with van der Waals surface area (Å²) in [5, 5.41) is 0.370. The van der Waals surface area contributed by atoms with E-state index >= 15 is 0 Å². The molecule has 3 heteroatoms. The maximum absolute atomic E-state index is 5.58. The lowest BCUT2D eigenvalue weighted by molar-refractivity contribution is 1.15. The molecule has 0 bridgehead atoms. The van der Waals surface area contributed by atoms with Crippen LogP contribution in [0, 0.1) is 0 Å². The molecule has 0 heterocycles. The molecule has 0 aromatic rings. The van der Waals surface area contributed by atoms with Gasteiger partial charge in [0.1, 0.15) is 5.16 Å². The van der Waals surface area contributed by atoms with Gasteiger partial charge in [0.25, 0.3) is 0 Å². The fraction of sp³-hybridized carbons (Fsp3) is 0.286. The molecule has 56 valence electrons. The van der Waals surface area contributed by atoms with E-state index in [1.165, 1.54) is 0 Å². The predicted molar refractivity (Wildman–Crippen MR) is 46.0 cm³/mol. The van der Waals surface area contributed by atoms with Crippen molar-refractivity contribution in [3.63, 3.8) is 0 Å². The standard InChI is InChI=1S/C7H11ClN2/c1-3-6(2)4-7(8)10-5-9/h4-5H,2-3H2,1H3,(H2,9,10)/b7-4-. The number of hydrogen-bond acceptors (Lipinski definition) is 1. The predicted octanol–water partition coefficient (Wildman–Crippen LogP) is 2.02. The van der Waals surface area contributed by atoms with Crippen molar-refractivity contribution in [2.75, 3.05) is 0 Å². The molecule has 0 atom stereocenters. The summed E-state index contributed by atoms with van der Waals surface area (Å²) in [7, 11) is 0. The molecule has 0 radical (unpaired) electrons. The number of hydrogen-bond donors (Lipinski definition) is 1. The first kappa shape index (κ1) is 9.24. The van der Waals surface area contributed by atoms with Gasteiger partial charge < -0.3 is 5.73 Å². The molecule has 0 amide bonds. The third-order valence-corrected chi connectivity index (χ3v) is 1.18. The molecule has 0 aromatic carbocycles. The molecule has 0 rings (SSSR count). The Morgan fingerprint density at radius 1 is 1.80 bits per heavy atom. The van der Waals surface area contributed by atoms with Crippen LogP contribution in [0.3, 0.4) is 0 Å². The summed E-state index contributed by atoms with van der Waals surface area (Å²) in [6.45, 7) is 5.72. The summed E-state index contributed by atoms with van der Waals surface area (Å²) in [6, 6.07) is 0. The van der Waals surface area contributed by atoms with Crippen molar-refractivity contribution >= 4 is 17.9 Å². The Kier molecular flexibility index (Phi) is 4.67. The summed E-state index contributed by atoms with van der Waals surface area (Å²) in [5.41, 5.74) is 5.94. The monoisotopic (exact) mass is 158 g/mol. The Morgan fingerprint density at radius 3 is 2.80 bits per heavy atom. The molecule has 0 saturated heterocycles. The van der Waals surface area contributed by atoms with Crippen LogP contribution < -0.4 is 5.73 Å². The molecule has 0 aliphatic carbocycles. The third-order valence-electron chi connectivity index (χ3n) is 0.975. The Morgan fingerprint density at radius 2 is 2.40 bits per heavy atom. The third kappa shape index (κ3) is 4.15. The van der Waals surface area contributed by atoms with E-state index in [4.69, 9.17) is 17.3 Å². The lowest BCUT2D eigenvalue weighted by Gasteiger charge is -1.91. The van der Waals surface area contributed by atoms with Crippen LogP contribution in [-0.4, -0.2) is 6.34 Å². The van der Waals surface area contributed by atoms with E-state index in [1.807, 2.05) is 6.92 Å². The van der Waals surface area contributed by atoms with Crippen molar-refractivity contribution in [2.45, 2.75) is 13.3 Å². The van der Waals surface area contributed by atoms with Crippen molar-refractivity contribution in [1.82, 2.24) is 0 Å². The van der Waals surface area contributed by atoms with Gasteiger partial charge in [-0.2, -0.15) is 0 Å². The van der Waals surface area contributed by atoms with Gasteiger partial charge in [0.15, 0.2) is 0 Å². The number of halogens is 1. The normalized spacial score (nSPS) is 12.4. The van der Waals surface area contributed by atoms with Gasteiger partial charge in [-0.1, -0.05) is 30.7 Å². The number of nitrogens with two attached hydrogens (primary N) is 1. The van der Waals surface area contributed by atoms with Crippen molar-refractivity contribution in [2.24, 2.45) is 10.7 Å². The van der Waals surface area contributed by atoms with E-state index < -0.39 is 0 Å². The Labute approximate surface area is 66.1 Å². The van der Waals surface area contributed by atoms with Gasteiger partial charge in [-0.15, -0.1) is 0 Å². The van der Waals surface area contributed by atoms with Crippen LogP contribution in [0.1, 0.15) is 13.3 Å². The van der Waals surface area contributed by atoms with Gasteiger partial charge in [-0.25, -0.2) is 4.99 Å². The fourth-order valence-electron chi connectivity index (χ4n) is 0.379. The summed E-state index contributed by atoms with van der Waals surface area (Å²) in [5.74, 6) is 0. The Hall–Kier alpha value is -0.760. The van der Waals surface area contributed by atoms with Gasteiger partial charge in [-0.05, 0) is 12.5 Å². The molecule has 0 saturated carbocycles. The molecule has 0 unspecified atom stereocenters. The van der Waals surface area contributed by atoms with E-state index in [-0.39, 0.29) is 0 Å². The lowest BCUT2D eigenvalue weighted by Crippen LogP contribution is -1.87. The zero-order valence-electron chi connectivity index (χ0n) is 5.97. The lowest BCUT2D eigenvalue weighted by atomic mass is 10.2. The minimum Gasteiger partial charge on any atom is -0.390 e. The van der Waals surface area contributed by atoms with E-state index in [0.29, 0.717) is 5.16 Å². The van der Waals surface area contributed by atoms with E-state index in [1.54, 1.807) is 6.08 Å². The average molecular weight is 159 g/mol. The Bertz CT molecular complexity index is 170. The second kappa shape index (κ2) is 5.06. The summed E-state index contributed by atoms with van der Waals surface area (Å²) < 4.78 is 0. The van der Waals surface area contributed by atoms with Gasteiger partial charge in [-0.3, -0.25) is 0 Å². The topological polar surface area (TPSA) is 38.4 Å². The first-order valence-corrected chi connectivity index (χ1v) is 3.37. The van der Waals surface area contributed by atoms with E-state index in [0.717, 1.165) is 18.3 Å². The number of nitrogens with zero attached hydrogens (tertiary/aromatic N) is 1. The molecule has 2 N–H and O–H groups in total. The number of aliphatic imine (C=N–C) groups is 1. The largest absolute Gasteiger partial charge is 0.390 e. The van der Waals surface area contributed by atoms with E-state index in [9.17, 15) is 0 Å². The van der Waals surface area contributed by atoms with Gasteiger partial charge >= 0.3 is 0 Å². The molecular weight excluding hydrogens is 148 g/mol. The number of allylic oxidation sites excluding steroid dienone is 2. The van der Waals surface area contributed by atoms with Crippen molar-refractivity contribution in [3.8, 4) is 0 Å². The molecule has 0 aromatic heterocycles. The highest BCUT2D eigenvalue weighted by atomic mass is 35.5. The molecule has 2 nitrogen and oxygen atoms in total. The van der Waals surface area contributed by atoms with Gasteiger partial charge in [0, 0.05) is 0 Å².